The molecule has 4 nitrogen and oxygen atoms in total. The van der Waals surface area contributed by atoms with E-state index in [4.69, 9.17) is 0 Å². The summed E-state index contributed by atoms with van der Waals surface area (Å²) in [5.74, 6) is -0.453. The highest BCUT2D eigenvalue weighted by Crippen LogP contribution is 2.40. The van der Waals surface area contributed by atoms with Crippen LogP contribution in [0.5, 0.6) is 0 Å². The SMILES string of the molecule is C[C@@H](Sc1ncnc2sc3c(c12)CCC3)C(=O)Nc1ccc(F)cc1. The van der Waals surface area contributed by atoms with Crippen LogP contribution in [0.1, 0.15) is 23.8 Å². The first-order valence-corrected chi connectivity index (χ1v) is 9.80. The predicted octanol–water partition coefficient (Wildman–Crippen LogP) is 4.44. The lowest BCUT2D eigenvalue weighted by molar-refractivity contribution is -0.115. The Morgan fingerprint density at radius 2 is 2.08 bits per heavy atom. The molecular weight excluding hydrogens is 357 g/mol. The van der Waals surface area contributed by atoms with Gasteiger partial charge >= 0.3 is 0 Å². The number of thiophene rings is 1. The first-order chi connectivity index (χ1) is 12.1. The van der Waals surface area contributed by atoms with E-state index in [2.05, 4.69) is 15.3 Å². The van der Waals surface area contributed by atoms with E-state index in [1.54, 1.807) is 29.8 Å². The number of benzene rings is 1. The Morgan fingerprint density at radius 3 is 2.88 bits per heavy atom. The third kappa shape index (κ3) is 3.26. The molecule has 0 bridgehead atoms. The van der Waals surface area contributed by atoms with Gasteiger partial charge in [0, 0.05) is 16.0 Å². The van der Waals surface area contributed by atoms with Crippen LogP contribution >= 0.6 is 23.1 Å². The molecule has 0 spiro atoms. The van der Waals surface area contributed by atoms with E-state index in [0.29, 0.717) is 5.69 Å². The molecule has 0 radical (unpaired) electrons. The van der Waals surface area contributed by atoms with Crippen LogP contribution in [0.15, 0.2) is 35.6 Å². The van der Waals surface area contributed by atoms with Crippen molar-refractivity contribution in [3.8, 4) is 0 Å². The fourth-order valence-electron chi connectivity index (χ4n) is 2.99. The number of fused-ring (bicyclic) bond motifs is 3. The van der Waals surface area contributed by atoms with Crippen molar-refractivity contribution in [1.29, 1.82) is 0 Å². The maximum Gasteiger partial charge on any atom is 0.237 e. The molecule has 1 aliphatic rings. The molecule has 2 heterocycles. The molecule has 0 saturated heterocycles. The standard InChI is InChI=1S/C18H16FN3OS2/c1-10(16(23)22-12-7-5-11(19)6-8-12)24-17-15-13-3-2-4-14(13)25-18(15)21-9-20-17/h5-10H,2-4H2,1H3,(H,22,23)/t10-/m1/s1. The Hall–Kier alpha value is -1.99. The van der Waals surface area contributed by atoms with Gasteiger partial charge in [0.05, 0.1) is 5.25 Å². The maximum absolute atomic E-state index is 13.0. The van der Waals surface area contributed by atoms with E-state index in [1.165, 1.54) is 40.8 Å². The summed E-state index contributed by atoms with van der Waals surface area (Å²) in [6.45, 7) is 1.85. The van der Waals surface area contributed by atoms with Gasteiger partial charge in [0.2, 0.25) is 5.91 Å². The second-order valence-corrected chi connectivity index (χ2v) is 8.39. The zero-order valence-corrected chi connectivity index (χ0v) is 15.2. The summed E-state index contributed by atoms with van der Waals surface area (Å²) in [4.78, 5) is 23.7. The summed E-state index contributed by atoms with van der Waals surface area (Å²) in [5, 5.41) is 4.48. The van der Waals surface area contributed by atoms with Crippen LogP contribution in [0.25, 0.3) is 10.2 Å². The second kappa shape index (κ2) is 6.72. The van der Waals surface area contributed by atoms with Crippen LogP contribution in [-0.4, -0.2) is 21.1 Å². The Labute approximate surface area is 152 Å². The molecule has 4 rings (SSSR count). The molecule has 3 aromatic rings. The topological polar surface area (TPSA) is 54.9 Å². The highest BCUT2D eigenvalue weighted by atomic mass is 32.2. The summed E-state index contributed by atoms with van der Waals surface area (Å²) in [7, 11) is 0. The number of halogens is 1. The molecule has 128 valence electrons. The fraction of sp³-hybridized carbons (Fsp3) is 0.278. The van der Waals surface area contributed by atoms with Crippen molar-refractivity contribution in [1.82, 2.24) is 9.97 Å². The Balaban J connectivity index is 1.54. The monoisotopic (exact) mass is 373 g/mol. The van der Waals surface area contributed by atoms with Gasteiger partial charge in [-0.3, -0.25) is 4.79 Å². The molecule has 1 aliphatic carbocycles. The van der Waals surface area contributed by atoms with Gasteiger partial charge in [-0.15, -0.1) is 11.3 Å². The van der Waals surface area contributed by atoms with E-state index < -0.39 is 0 Å². The van der Waals surface area contributed by atoms with Crippen molar-refractivity contribution < 1.29 is 9.18 Å². The zero-order chi connectivity index (χ0) is 17.4. The summed E-state index contributed by atoms with van der Waals surface area (Å²) >= 11 is 3.18. The molecule has 2 aromatic heterocycles. The van der Waals surface area contributed by atoms with Crippen LogP contribution in [0, 0.1) is 5.82 Å². The largest absolute Gasteiger partial charge is 0.325 e. The average molecular weight is 373 g/mol. The van der Waals surface area contributed by atoms with Crippen LogP contribution in [0.4, 0.5) is 10.1 Å². The molecule has 25 heavy (non-hydrogen) atoms. The number of aromatic nitrogens is 2. The van der Waals surface area contributed by atoms with Gasteiger partial charge in [0.25, 0.3) is 0 Å². The fourth-order valence-corrected chi connectivity index (χ4v) is 5.23. The number of nitrogens with one attached hydrogen (secondary N) is 1. The zero-order valence-electron chi connectivity index (χ0n) is 13.6. The van der Waals surface area contributed by atoms with E-state index in [-0.39, 0.29) is 17.0 Å². The number of rotatable bonds is 4. The van der Waals surface area contributed by atoms with E-state index >= 15 is 0 Å². The third-order valence-corrected chi connectivity index (χ3v) is 6.54. The maximum atomic E-state index is 13.0. The third-order valence-electron chi connectivity index (χ3n) is 4.24. The van der Waals surface area contributed by atoms with Gasteiger partial charge in [-0.25, -0.2) is 14.4 Å². The minimum Gasteiger partial charge on any atom is -0.325 e. The van der Waals surface area contributed by atoms with Crippen LogP contribution in [-0.2, 0) is 17.6 Å². The number of amides is 1. The molecular formula is C18H16FN3OS2. The molecule has 0 aliphatic heterocycles. The number of hydrogen-bond acceptors (Lipinski definition) is 5. The normalized spacial score (nSPS) is 14.5. The van der Waals surface area contributed by atoms with E-state index in [0.717, 1.165) is 28.1 Å². The number of aryl methyl sites for hydroxylation is 2. The average Bonchev–Trinajstić information content (AvgIpc) is 3.18. The molecule has 1 atom stereocenters. The Morgan fingerprint density at radius 1 is 1.28 bits per heavy atom. The summed E-state index contributed by atoms with van der Waals surface area (Å²) in [5.41, 5.74) is 1.94. The molecule has 1 amide bonds. The van der Waals surface area contributed by atoms with Crippen molar-refractivity contribution in [3.05, 3.63) is 46.9 Å². The second-order valence-electron chi connectivity index (χ2n) is 5.97. The number of anilines is 1. The number of carbonyl (C=O) groups is 1. The number of carbonyl (C=O) groups excluding carboxylic acids is 1. The quantitative estimate of drug-likeness (QED) is 0.543. The smallest absolute Gasteiger partial charge is 0.237 e. The van der Waals surface area contributed by atoms with Crippen LogP contribution < -0.4 is 5.32 Å². The van der Waals surface area contributed by atoms with Crippen molar-refractivity contribution in [3.63, 3.8) is 0 Å². The predicted molar refractivity (Wildman–Crippen MR) is 99.8 cm³/mol. The van der Waals surface area contributed by atoms with Gasteiger partial charge in [-0.1, -0.05) is 11.8 Å². The van der Waals surface area contributed by atoms with Gasteiger partial charge in [0.15, 0.2) is 0 Å². The van der Waals surface area contributed by atoms with Crippen LogP contribution in [0.2, 0.25) is 0 Å². The van der Waals surface area contributed by atoms with Gasteiger partial charge < -0.3 is 5.32 Å². The molecule has 1 N–H and O–H groups in total. The molecule has 0 fully saturated rings. The lowest BCUT2D eigenvalue weighted by Crippen LogP contribution is -2.22. The lowest BCUT2D eigenvalue weighted by Gasteiger charge is -2.12. The van der Waals surface area contributed by atoms with Crippen molar-refractivity contribution in [2.75, 3.05) is 5.32 Å². The number of hydrogen-bond donors (Lipinski definition) is 1. The minimum atomic E-state index is -0.324. The first kappa shape index (κ1) is 16.5. The molecule has 0 saturated carbocycles. The highest BCUT2D eigenvalue weighted by Gasteiger charge is 2.23. The summed E-state index contributed by atoms with van der Waals surface area (Å²) in [6.07, 6.45) is 4.92. The van der Waals surface area contributed by atoms with Gasteiger partial charge in [-0.2, -0.15) is 0 Å². The summed E-state index contributed by atoms with van der Waals surface area (Å²) in [6, 6.07) is 5.77. The van der Waals surface area contributed by atoms with E-state index in [1.807, 2.05) is 6.92 Å². The van der Waals surface area contributed by atoms with Crippen molar-refractivity contribution >= 4 is 44.9 Å². The van der Waals surface area contributed by atoms with Crippen molar-refractivity contribution in [2.24, 2.45) is 0 Å². The minimum absolute atomic E-state index is 0.129. The van der Waals surface area contributed by atoms with Gasteiger partial charge in [0.1, 0.15) is 22.0 Å². The van der Waals surface area contributed by atoms with E-state index in [9.17, 15) is 9.18 Å². The van der Waals surface area contributed by atoms with Crippen molar-refractivity contribution in [2.45, 2.75) is 36.5 Å². The molecule has 1 aromatic carbocycles. The number of nitrogens with zero attached hydrogens (tertiary/aromatic N) is 2. The van der Waals surface area contributed by atoms with Crippen LogP contribution in [0.3, 0.4) is 0 Å². The highest BCUT2D eigenvalue weighted by molar-refractivity contribution is 8.00. The first-order valence-electron chi connectivity index (χ1n) is 8.10. The number of thioether (sulfide) groups is 1. The molecule has 0 unspecified atom stereocenters. The lowest BCUT2D eigenvalue weighted by atomic mass is 10.2. The Bertz CT molecular complexity index is 939. The summed E-state index contributed by atoms with van der Waals surface area (Å²) < 4.78 is 13.0. The van der Waals surface area contributed by atoms with Gasteiger partial charge in [-0.05, 0) is 56.0 Å². The molecule has 7 heteroatoms. The Kier molecular flexibility index (Phi) is 4.43.